The Bertz CT molecular complexity index is 443. The molecule has 0 unspecified atom stereocenters. The largest absolute Gasteiger partial charge is 0.418 e. The summed E-state index contributed by atoms with van der Waals surface area (Å²) in [5.74, 6) is -3.01. The number of hydrogen-bond acceptors (Lipinski definition) is 1. The Hall–Kier alpha value is -1.04. The van der Waals surface area contributed by atoms with Gasteiger partial charge < -0.3 is 5.73 Å². The van der Waals surface area contributed by atoms with Crippen molar-refractivity contribution in [3.63, 3.8) is 0 Å². The number of nitrogens with two attached hydrogens (primary N) is 1. The minimum absolute atomic E-state index is 0.737. The summed E-state index contributed by atoms with van der Waals surface area (Å²) in [5, 5.41) is -1.20. The summed E-state index contributed by atoms with van der Waals surface area (Å²) in [6.07, 6.45) is -4.96. The molecule has 0 aliphatic rings. The summed E-state index contributed by atoms with van der Waals surface area (Å²) < 4.78 is 65.8. The van der Waals surface area contributed by atoms with Crippen molar-refractivity contribution in [1.29, 1.82) is 0 Å². The summed E-state index contributed by atoms with van der Waals surface area (Å²) in [7, 11) is 0. The summed E-state index contributed by atoms with van der Waals surface area (Å²) in [5.41, 5.74) is 0.617. The molecule has 7 heteroatoms. The third-order valence-corrected chi connectivity index (χ3v) is 2.74. The zero-order valence-corrected chi connectivity index (χ0v) is 10.6. The van der Waals surface area contributed by atoms with Crippen molar-refractivity contribution in [3.8, 4) is 0 Å². The number of alkyl halides is 3. The van der Waals surface area contributed by atoms with Gasteiger partial charge in [-0.2, -0.15) is 13.2 Å². The molecule has 0 radical (unpaired) electrons. The number of benzene rings is 1. The summed E-state index contributed by atoms with van der Waals surface area (Å²) in [6.45, 7) is 4.07. The SMILES string of the molecule is CC(C)(C)c1c(F)c(N)c(F)c(Cl)c1C(F)(F)F. The average Bonchev–Trinajstić information content (AvgIpc) is 2.16. The summed E-state index contributed by atoms with van der Waals surface area (Å²) >= 11 is 5.32. The topological polar surface area (TPSA) is 26.0 Å². The van der Waals surface area contributed by atoms with Gasteiger partial charge in [0.05, 0.1) is 10.6 Å². The fraction of sp³-hybridized carbons (Fsp3) is 0.455. The van der Waals surface area contributed by atoms with Gasteiger partial charge >= 0.3 is 6.18 Å². The minimum Gasteiger partial charge on any atom is -0.394 e. The van der Waals surface area contributed by atoms with Crippen LogP contribution in [0.1, 0.15) is 31.9 Å². The Balaban J connectivity index is 3.89. The Morgan fingerprint density at radius 3 is 1.72 bits per heavy atom. The predicted octanol–water partition coefficient (Wildman–Crippen LogP) is 4.52. The first-order valence-electron chi connectivity index (χ1n) is 4.92. The Morgan fingerprint density at radius 2 is 1.39 bits per heavy atom. The zero-order chi connectivity index (χ0) is 14.5. The number of hydrogen-bond donors (Lipinski definition) is 1. The van der Waals surface area contributed by atoms with Crippen LogP contribution in [0.3, 0.4) is 0 Å². The summed E-state index contributed by atoms with van der Waals surface area (Å²) in [4.78, 5) is 0. The molecule has 1 aromatic carbocycles. The molecule has 0 aliphatic heterocycles. The van der Waals surface area contributed by atoms with Gasteiger partial charge in [0.15, 0.2) is 11.6 Å². The van der Waals surface area contributed by atoms with E-state index >= 15 is 0 Å². The van der Waals surface area contributed by atoms with E-state index in [1.54, 1.807) is 0 Å². The molecule has 0 saturated heterocycles. The normalized spacial score (nSPS) is 12.9. The highest BCUT2D eigenvalue weighted by molar-refractivity contribution is 6.32. The molecule has 0 heterocycles. The second-order valence-electron chi connectivity index (χ2n) is 4.85. The van der Waals surface area contributed by atoms with Crippen molar-refractivity contribution in [2.45, 2.75) is 32.4 Å². The maximum Gasteiger partial charge on any atom is 0.418 e. The van der Waals surface area contributed by atoms with Crippen LogP contribution in [0.25, 0.3) is 0 Å². The number of rotatable bonds is 0. The zero-order valence-electron chi connectivity index (χ0n) is 9.85. The molecule has 0 aliphatic carbocycles. The maximum absolute atomic E-state index is 13.8. The molecule has 0 bridgehead atoms. The van der Waals surface area contributed by atoms with Gasteiger partial charge in [0.25, 0.3) is 0 Å². The molecule has 1 aromatic rings. The van der Waals surface area contributed by atoms with Crippen LogP contribution in [0.5, 0.6) is 0 Å². The Labute approximate surface area is 106 Å². The number of nitrogen functional groups attached to an aromatic ring is 1. The van der Waals surface area contributed by atoms with Gasteiger partial charge in [-0.25, -0.2) is 8.78 Å². The second kappa shape index (κ2) is 4.26. The van der Waals surface area contributed by atoms with Gasteiger partial charge in [-0.05, 0) is 5.41 Å². The van der Waals surface area contributed by atoms with Crippen LogP contribution in [0.4, 0.5) is 27.6 Å². The van der Waals surface area contributed by atoms with Crippen molar-refractivity contribution < 1.29 is 22.0 Å². The van der Waals surface area contributed by atoms with E-state index in [4.69, 9.17) is 17.3 Å². The van der Waals surface area contributed by atoms with Crippen LogP contribution >= 0.6 is 11.6 Å². The first-order valence-corrected chi connectivity index (χ1v) is 5.30. The van der Waals surface area contributed by atoms with E-state index < -0.39 is 45.1 Å². The van der Waals surface area contributed by atoms with E-state index in [0.717, 1.165) is 0 Å². The quantitative estimate of drug-likeness (QED) is 0.424. The molecule has 1 rings (SSSR count). The molecule has 2 N–H and O–H groups in total. The van der Waals surface area contributed by atoms with E-state index in [0.29, 0.717) is 0 Å². The molecule has 1 nitrogen and oxygen atoms in total. The molecule has 0 fully saturated rings. The van der Waals surface area contributed by atoms with Gasteiger partial charge in [-0.15, -0.1) is 0 Å². The molecule has 0 amide bonds. The fourth-order valence-electron chi connectivity index (χ4n) is 1.65. The van der Waals surface area contributed by atoms with Crippen LogP contribution in [0.15, 0.2) is 0 Å². The molecular weight excluding hydrogens is 277 g/mol. The predicted molar refractivity (Wildman–Crippen MR) is 59.5 cm³/mol. The van der Waals surface area contributed by atoms with E-state index in [1.807, 2.05) is 0 Å². The first kappa shape index (κ1) is 15.0. The third-order valence-electron chi connectivity index (χ3n) is 2.39. The van der Waals surface area contributed by atoms with Crippen LogP contribution < -0.4 is 5.73 Å². The molecule has 0 saturated carbocycles. The minimum atomic E-state index is -4.96. The van der Waals surface area contributed by atoms with Gasteiger partial charge in [0.1, 0.15) is 5.69 Å². The first-order chi connectivity index (χ1) is 7.89. The fourth-order valence-corrected chi connectivity index (χ4v) is 1.95. The van der Waals surface area contributed by atoms with Crippen LogP contribution in [0, 0.1) is 11.6 Å². The van der Waals surface area contributed by atoms with Gasteiger partial charge in [-0.1, -0.05) is 32.4 Å². The highest BCUT2D eigenvalue weighted by atomic mass is 35.5. The molecule has 18 heavy (non-hydrogen) atoms. The lowest BCUT2D eigenvalue weighted by Crippen LogP contribution is -2.24. The number of halogens is 6. The van der Waals surface area contributed by atoms with E-state index in [2.05, 4.69) is 0 Å². The average molecular weight is 288 g/mol. The van der Waals surface area contributed by atoms with Crippen molar-refractivity contribution in [1.82, 2.24) is 0 Å². The summed E-state index contributed by atoms with van der Waals surface area (Å²) in [6, 6.07) is 0. The molecule has 0 atom stereocenters. The van der Waals surface area contributed by atoms with E-state index in [-0.39, 0.29) is 0 Å². The Kier molecular flexibility index (Phi) is 3.55. The molecule has 102 valence electrons. The monoisotopic (exact) mass is 287 g/mol. The maximum atomic E-state index is 13.8. The van der Waals surface area contributed by atoms with Gasteiger partial charge in [0.2, 0.25) is 0 Å². The highest BCUT2D eigenvalue weighted by Crippen LogP contribution is 2.45. The van der Waals surface area contributed by atoms with Gasteiger partial charge in [-0.3, -0.25) is 0 Å². The van der Waals surface area contributed by atoms with Crippen molar-refractivity contribution in [3.05, 3.63) is 27.8 Å². The number of anilines is 1. The van der Waals surface area contributed by atoms with E-state index in [1.165, 1.54) is 20.8 Å². The molecule has 0 spiro atoms. The smallest absolute Gasteiger partial charge is 0.394 e. The van der Waals surface area contributed by atoms with E-state index in [9.17, 15) is 22.0 Å². The highest BCUT2D eigenvalue weighted by Gasteiger charge is 2.43. The van der Waals surface area contributed by atoms with Crippen molar-refractivity contribution >= 4 is 17.3 Å². The lowest BCUT2D eigenvalue weighted by atomic mass is 9.82. The lowest BCUT2D eigenvalue weighted by Gasteiger charge is -2.26. The molecule has 0 aromatic heterocycles. The van der Waals surface area contributed by atoms with Gasteiger partial charge in [0, 0.05) is 5.56 Å². The van der Waals surface area contributed by atoms with Crippen LogP contribution in [0.2, 0.25) is 5.02 Å². The van der Waals surface area contributed by atoms with Crippen molar-refractivity contribution in [2.24, 2.45) is 0 Å². The third kappa shape index (κ3) is 2.39. The standard InChI is InChI=1S/C11H11ClF5N/c1-10(2,3)5-4(11(15,16)17)6(12)8(14)9(18)7(5)13/h18H2,1-3H3. The second-order valence-corrected chi connectivity index (χ2v) is 5.23. The van der Waals surface area contributed by atoms with Crippen LogP contribution in [-0.2, 0) is 11.6 Å². The Morgan fingerprint density at radius 1 is 0.944 bits per heavy atom. The van der Waals surface area contributed by atoms with Crippen LogP contribution in [-0.4, -0.2) is 0 Å². The molecular formula is C11H11ClF5N. The lowest BCUT2D eigenvalue weighted by molar-refractivity contribution is -0.139. The van der Waals surface area contributed by atoms with Crippen molar-refractivity contribution in [2.75, 3.05) is 5.73 Å².